The molecule has 2 aliphatic rings. The van der Waals surface area contributed by atoms with Crippen LogP contribution in [0.4, 0.5) is 10.5 Å². The maximum absolute atomic E-state index is 12.5. The molecule has 8 nitrogen and oxygen atoms in total. The number of fused-ring (bicyclic) bond motifs is 1. The van der Waals surface area contributed by atoms with Gasteiger partial charge in [0.05, 0.1) is 11.1 Å². The molecule has 27 heavy (non-hydrogen) atoms. The van der Waals surface area contributed by atoms with Crippen LogP contribution in [0.15, 0.2) is 18.2 Å². The molecule has 1 N–H and O–H groups in total. The summed E-state index contributed by atoms with van der Waals surface area (Å²) < 4.78 is 0. The zero-order chi connectivity index (χ0) is 19.7. The zero-order valence-corrected chi connectivity index (χ0v) is 15.8. The highest BCUT2D eigenvalue weighted by atomic mass is 16.2. The molecule has 0 aliphatic carbocycles. The standard InChI is InChI=1S/C19H24N4O4/c1-12(2)11-23-17(25)15-5-4-14(10-16(15)18(23)26)20-19(27)22-8-6-21(7-9-22)13(3)24/h4-5,10,12H,6-9,11H2,1-3H3,(H,20,27). The predicted molar refractivity (Wildman–Crippen MR) is 99.5 cm³/mol. The summed E-state index contributed by atoms with van der Waals surface area (Å²) in [4.78, 5) is 53.3. The van der Waals surface area contributed by atoms with E-state index in [1.807, 2.05) is 13.8 Å². The van der Waals surface area contributed by atoms with Crippen molar-refractivity contribution in [2.24, 2.45) is 5.92 Å². The Balaban J connectivity index is 1.68. The van der Waals surface area contributed by atoms with Gasteiger partial charge in [0.1, 0.15) is 0 Å². The summed E-state index contributed by atoms with van der Waals surface area (Å²) >= 11 is 0. The number of carbonyl (C=O) groups is 4. The van der Waals surface area contributed by atoms with E-state index in [1.54, 1.807) is 28.0 Å². The number of anilines is 1. The Bertz CT molecular complexity index is 797. The van der Waals surface area contributed by atoms with Crippen molar-refractivity contribution in [3.8, 4) is 0 Å². The fourth-order valence-electron chi connectivity index (χ4n) is 3.33. The molecular weight excluding hydrogens is 348 g/mol. The van der Waals surface area contributed by atoms with Crippen LogP contribution < -0.4 is 5.32 Å². The normalized spacial score (nSPS) is 16.8. The minimum atomic E-state index is -0.324. The molecule has 3 rings (SSSR count). The SMILES string of the molecule is CC(=O)N1CCN(C(=O)Nc2ccc3c(c2)C(=O)N(CC(C)C)C3=O)CC1. The Morgan fingerprint density at radius 3 is 2.19 bits per heavy atom. The highest BCUT2D eigenvalue weighted by Crippen LogP contribution is 2.26. The van der Waals surface area contributed by atoms with E-state index in [9.17, 15) is 19.2 Å². The molecule has 0 aromatic heterocycles. The van der Waals surface area contributed by atoms with Crippen LogP contribution in [-0.4, -0.2) is 71.2 Å². The monoisotopic (exact) mass is 372 g/mol. The Morgan fingerprint density at radius 1 is 1.00 bits per heavy atom. The third-order valence-electron chi connectivity index (χ3n) is 4.78. The number of piperazine rings is 1. The smallest absolute Gasteiger partial charge is 0.321 e. The van der Waals surface area contributed by atoms with E-state index in [-0.39, 0.29) is 29.7 Å². The van der Waals surface area contributed by atoms with Gasteiger partial charge in [-0.3, -0.25) is 19.3 Å². The number of hydrogen-bond acceptors (Lipinski definition) is 4. The summed E-state index contributed by atoms with van der Waals surface area (Å²) in [5.41, 5.74) is 1.16. The van der Waals surface area contributed by atoms with Gasteiger partial charge in [-0.1, -0.05) is 13.8 Å². The first-order valence-corrected chi connectivity index (χ1v) is 9.09. The molecule has 0 atom stereocenters. The molecule has 1 aromatic rings. The first-order chi connectivity index (χ1) is 12.8. The largest absolute Gasteiger partial charge is 0.339 e. The highest BCUT2D eigenvalue weighted by Gasteiger charge is 2.36. The maximum Gasteiger partial charge on any atom is 0.321 e. The molecule has 0 spiro atoms. The van der Waals surface area contributed by atoms with Gasteiger partial charge in [-0.2, -0.15) is 0 Å². The molecule has 0 radical (unpaired) electrons. The Morgan fingerprint density at radius 2 is 1.59 bits per heavy atom. The fourth-order valence-corrected chi connectivity index (χ4v) is 3.33. The molecule has 0 saturated carbocycles. The summed E-state index contributed by atoms with van der Waals surface area (Å²) in [6.07, 6.45) is 0. The van der Waals surface area contributed by atoms with Crippen LogP contribution in [0.1, 0.15) is 41.5 Å². The topological polar surface area (TPSA) is 90.0 Å². The minimum absolute atomic E-state index is 0.00260. The molecule has 1 aromatic carbocycles. The number of carbonyl (C=O) groups excluding carboxylic acids is 4. The van der Waals surface area contributed by atoms with Crippen molar-refractivity contribution < 1.29 is 19.2 Å². The molecule has 0 bridgehead atoms. The van der Waals surface area contributed by atoms with Crippen LogP contribution in [-0.2, 0) is 4.79 Å². The van der Waals surface area contributed by atoms with Gasteiger partial charge in [0, 0.05) is 45.3 Å². The Hall–Kier alpha value is -2.90. The van der Waals surface area contributed by atoms with Gasteiger partial charge < -0.3 is 15.1 Å². The second-order valence-electron chi connectivity index (χ2n) is 7.30. The van der Waals surface area contributed by atoms with Crippen molar-refractivity contribution in [2.75, 3.05) is 38.0 Å². The van der Waals surface area contributed by atoms with Crippen LogP contribution in [0.25, 0.3) is 0 Å². The van der Waals surface area contributed by atoms with Crippen molar-refractivity contribution in [3.05, 3.63) is 29.3 Å². The van der Waals surface area contributed by atoms with Crippen LogP contribution in [0.2, 0.25) is 0 Å². The van der Waals surface area contributed by atoms with Crippen molar-refractivity contribution in [3.63, 3.8) is 0 Å². The van der Waals surface area contributed by atoms with Crippen molar-refractivity contribution >= 4 is 29.4 Å². The fraction of sp³-hybridized carbons (Fsp3) is 0.474. The van der Waals surface area contributed by atoms with E-state index in [0.717, 1.165) is 0 Å². The molecular formula is C19H24N4O4. The van der Waals surface area contributed by atoms with Gasteiger partial charge in [0.25, 0.3) is 11.8 Å². The molecule has 8 heteroatoms. The van der Waals surface area contributed by atoms with E-state index >= 15 is 0 Å². The van der Waals surface area contributed by atoms with Gasteiger partial charge in [-0.05, 0) is 24.1 Å². The lowest BCUT2D eigenvalue weighted by Crippen LogP contribution is -2.51. The lowest BCUT2D eigenvalue weighted by atomic mass is 10.1. The lowest BCUT2D eigenvalue weighted by molar-refractivity contribution is -0.130. The molecule has 2 aliphatic heterocycles. The molecule has 1 fully saturated rings. The average molecular weight is 372 g/mol. The van der Waals surface area contributed by atoms with Crippen molar-refractivity contribution in [2.45, 2.75) is 20.8 Å². The van der Waals surface area contributed by atoms with E-state index < -0.39 is 0 Å². The van der Waals surface area contributed by atoms with Gasteiger partial charge in [-0.15, -0.1) is 0 Å². The number of rotatable bonds is 3. The number of benzene rings is 1. The van der Waals surface area contributed by atoms with Crippen molar-refractivity contribution in [1.82, 2.24) is 14.7 Å². The van der Waals surface area contributed by atoms with Gasteiger partial charge >= 0.3 is 6.03 Å². The van der Waals surface area contributed by atoms with Crippen molar-refractivity contribution in [1.29, 1.82) is 0 Å². The van der Waals surface area contributed by atoms with Gasteiger partial charge in [0.2, 0.25) is 5.91 Å². The van der Waals surface area contributed by atoms with E-state index in [4.69, 9.17) is 0 Å². The summed E-state index contributed by atoms with van der Waals surface area (Å²) in [6, 6.07) is 4.49. The van der Waals surface area contributed by atoms with Gasteiger partial charge in [-0.25, -0.2) is 4.79 Å². The number of imide groups is 1. The summed E-state index contributed by atoms with van der Waals surface area (Å²) in [5, 5.41) is 2.78. The molecule has 144 valence electrons. The second-order valence-corrected chi connectivity index (χ2v) is 7.30. The summed E-state index contributed by atoms with van der Waals surface area (Å²) in [5.74, 6) is -0.431. The lowest BCUT2D eigenvalue weighted by Gasteiger charge is -2.34. The Labute approximate surface area is 158 Å². The van der Waals surface area contributed by atoms with E-state index in [0.29, 0.717) is 49.5 Å². The number of amides is 5. The summed E-state index contributed by atoms with van der Waals surface area (Å²) in [7, 11) is 0. The van der Waals surface area contributed by atoms with Crippen LogP contribution in [0.3, 0.4) is 0 Å². The predicted octanol–water partition coefficient (Wildman–Crippen LogP) is 1.63. The molecule has 5 amide bonds. The molecule has 0 unspecified atom stereocenters. The van der Waals surface area contributed by atoms with Crippen LogP contribution >= 0.6 is 0 Å². The summed E-state index contributed by atoms with van der Waals surface area (Å²) in [6.45, 7) is 7.69. The zero-order valence-electron chi connectivity index (χ0n) is 15.8. The van der Waals surface area contributed by atoms with Gasteiger partial charge in [0.15, 0.2) is 0 Å². The number of urea groups is 1. The minimum Gasteiger partial charge on any atom is -0.339 e. The van der Waals surface area contributed by atoms with E-state index in [2.05, 4.69) is 5.32 Å². The number of nitrogens with zero attached hydrogens (tertiary/aromatic N) is 3. The van der Waals surface area contributed by atoms with E-state index in [1.165, 1.54) is 11.8 Å². The van der Waals surface area contributed by atoms with Crippen LogP contribution in [0.5, 0.6) is 0 Å². The molecule has 2 heterocycles. The average Bonchev–Trinajstić information content (AvgIpc) is 2.86. The third-order valence-corrected chi connectivity index (χ3v) is 4.78. The highest BCUT2D eigenvalue weighted by molar-refractivity contribution is 6.21. The van der Waals surface area contributed by atoms with Crippen LogP contribution in [0, 0.1) is 5.92 Å². The second kappa shape index (κ2) is 7.38. The first kappa shape index (κ1) is 18.9. The Kier molecular flexibility index (Phi) is 5.16. The first-order valence-electron chi connectivity index (χ1n) is 9.09. The quantitative estimate of drug-likeness (QED) is 0.817. The number of hydrogen-bond donors (Lipinski definition) is 1. The third kappa shape index (κ3) is 3.79. The number of nitrogens with one attached hydrogen (secondary N) is 1. The molecule has 1 saturated heterocycles. The maximum atomic E-state index is 12.5.